The minimum Gasteiger partial charge on any atom is -0.352 e. The summed E-state index contributed by atoms with van der Waals surface area (Å²) < 4.78 is 0. The van der Waals surface area contributed by atoms with E-state index < -0.39 is 6.04 Å². The van der Waals surface area contributed by atoms with Crippen molar-refractivity contribution in [1.82, 2.24) is 10.2 Å². The van der Waals surface area contributed by atoms with Crippen molar-refractivity contribution < 1.29 is 9.59 Å². The van der Waals surface area contributed by atoms with Crippen LogP contribution in [0.5, 0.6) is 0 Å². The fourth-order valence-electron chi connectivity index (χ4n) is 3.34. The van der Waals surface area contributed by atoms with E-state index in [1.165, 1.54) is 0 Å². The molecule has 0 heterocycles. The molecule has 2 rings (SSSR count). The molecule has 2 aromatic rings. The maximum absolute atomic E-state index is 13.3. The molecule has 0 saturated carbocycles. The van der Waals surface area contributed by atoms with Gasteiger partial charge >= 0.3 is 0 Å². The van der Waals surface area contributed by atoms with Gasteiger partial charge in [0.2, 0.25) is 11.8 Å². The third-order valence-corrected chi connectivity index (χ3v) is 5.80. The van der Waals surface area contributed by atoms with E-state index in [0.29, 0.717) is 30.8 Å². The number of nitrogens with one attached hydrogen (secondary N) is 1. The molecular formula is C25H33ClN2O2. The number of amides is 2. The Morgan fingerprint density at radius 2 is 1.70 bits per heavy atom. The van der Waals surface area contributed by atoms with Gasteiger partial charge in [-0.05, 0) is 50.3 Å². The topological polar surface area (TPSA) is 49.4 Å². The highest BCUT2D eigenvalue weighted by Crippen LogP contribution is 2.19. The van der Waals surface area contributed by atoms with Gasteiger partial charge < -0.3 is 10.2 Å². The lowest BCUT2D eigenvalue weighted by molar-refractivity contribution is -0.141. The predicted molar refractivity (Wildman–Crippen MR) is 123 cm³/mol. The molecule has 0 bridgehead atoms. The minimum atomic E-state index is -0.501. The molecule has 0 aliphatic heterocycles. The molecule has 2 atom stereocenters. The first-order valence-corrected chi connectivity index (χ1v) is 11.1. The van der Waals surface area contributed by atoms with Gasteiger partial charge in [-0.25, -0.2) is 0 Å². The van der Waals surface area contributed by atoms with Crippen molar-refractivity contribution in [3.63, 3.8) is 0 Å². The van der Waals surface area contributed by atoms with E-state index in [-0.39, 0.29) is 17.9 Å². The molecule has 0 unspecified atom stereocenters. The standard InChI is InChI=1S/C25H33ClN2O2/c1-5-19(4)27-25(30)23(6-2)28(17-20-13-11-18(3)12-14-20)24(29)16-15-21-9-7-8-10-22(21)26/h7-14,19,23H,5-6,15-17H2,1-4H3,(H,27,30)/t19-,23+/m1/s1. The van der Waals surface area contributed by atoms with Gasteiger partial charge in [0.25, 0.3) is 0 Å². The van der Waals surface area contributed by atoms with Crippen LogP contribution in [0.1, 0.15) is 56.7 Å². The lowest BCUT2D eigenvalue weighted by Crippen LogP contribution is -2.50. The highest BCUT2D eigenvalue weighted by atomic mass is 35.5. The lowest BCUT2D eigenvalue weighted by atomic mass is 10.1. The summed E-state index contributed by atoms with van der Waals surface area (Å²) in [5, 5.41) is 3.70. The van der Waals surface area contributed by atoms with Crippen molar-refractivity contribution in [2.75, 3.05) is 0 Å². The molecule has 0 aromatic heterocycles. The van der Waals surface area contributed by atoms with Gasteiger partial charge in [-0.1, -0.05) is 73.5 Å². The number of nitrogens with zero attached hydrogens (tertiary/aromatic N) is 1. The molecule has 0 aliphatic carbocycles. The van der Waals surface area contributed by atoms with Crippen molar-refractivity contribution >= 4 is 23.4 Å². The predicted octanol–water partition coefficient (Wildman–Crippen LogP) is 5.30. The number of halogens is 1. The monoisotopic (exact) mass is 428 g/mol. The Labute approximate surface area is 185 Å². The van der Waals surface area contributed by atoms with Gasteiger partial charge in [0.1, 0.15) is 6.04 Å². The lowest BCUT2D eigenvalue weighted by Gasteiger charge is -2.31. The van der Waals surface area contributed by atoms with Crippen LogP contribution < -0.4 is 5.32 Å². The van der Waals surface area contributed by atoms with Crippen LogP contribution in [0.3, 0.4) is 0 Å². The zero-order valence-corrected chi connectivity index (χ0v) is 19.2. The summed E-state index contributed by atoms with van der Waals surface area (Å²) in [5.41, 5.74) is 3.12. The number of hydrogen-bond donors (Lipinski definition) is 1. The van der Waals surface area contributed by atoms with Gasteiger partial charge in [0.15, 0.2) is 0 Å². The summed E-state index contributed by atoms with van der Waals surface area (Å²) in [4.78, 5) is 27.9. The highest BCUT2D eigenvalue weighted by Gasteiger charge is 2.29. The number of carbonyl (C=O) groups is 2. The summed E-state index contributed by atoms with van der Waals surface area (Å²) in [6.07, 6.45) is 2.27. The largest absolute Gasteiger partial charge is 0.352 e. The molecule has 1 N–H and O–H groups in total. The van der Waals surface area contributed by atoms with Crippen LogP contribution in [0.4, 0.5) is 0 Å². The highest BCUT2D eigenvalue weighted by molar-refractivity contribution is 6.31. The third-order valence-electron chi connectivity index (χ3n) is 5.43. The summed E-state index contributed by atoms with van der Waals surface area (Å²) in [6, 6.07) is 15.2. The molecule has 162 valence electrons. The Hall–Kier alpha value is -2.33. The smallest absolute Gasteiger partial charge is 0.243 e. The summed E-state index contributed by atoms with van der Waals surface area (Å²) >= 11 is 6.26. The van der Waals surface area contributed by atoms with E-state index in [1.807, 2.05) is 76.2 Å². The van der Waals surface area contributed by atoms with Crippen LogP contribution in [0.2, 0.25) is 5.02 Å². The SMILES string of the molecule is CC[C@@H](C)NC(=O)[C@H](CC)N(Cc1ccc(C)cc1)C(=O)CCc1ccccc1Cl. The first-order valence-electron chi connectivity index (χ1n) is 10.7. The number of benzene rings is 2. The van der Waals surface area contributed by atoms with E-state index in [9.17, 15) is 9.59 Å². The molecule has 0 saturated heterocycles. The molecule has 2 amide bonds. The fraction of sp³-hybridized carbons (Fsp3) is 0.440. The van der Waals surface area contributed by atoms with E-state index in [4.69, 9.17) is 11.6 Å². The van der Waals surface area contributed by atoms with Gasteiger partial charge in [-0.3, -0.25) is 9.59 Å². The number of aryl methyl sites for hydroxylation is 2. The van der Waals surface area contributed by atoms with Crippen molar-refractivity contribution in [1.29, 1.82) is 0 Å². The zero-order valence-electron chi connectivity index (χ0n) is 18.5. The average Bonchev–Trinajstić information content (AvgIpc) is 2.74. The first-order chi connectivity index (χ1) is 14.3. The van der Waals surface area contributed by atoms with Crippen LogP contribution in [0.25, 0.3) is 0 Å². The van der Waals surface area contributed by atoms with Crippen LogP contribution in [-0.4, -0.2) is 28.8 Å². The van der Waals surface area contributed by atoms with Crippen LogP contribution >= 0.6 is 11.6 Å². The molecule has 30 heavy (non-hydrogen) atoms. The van der Waals surface area contributed by atoms with E-state index in [2.05, 4.69) is 5.32 Å². The number of rotatable bonds is 10. The van der Waals surface area contributed by atoms with E-state index >= 15 is 0 Å². The van der Waals surface area contributed by atoms with Crippen molar-refractivity contribution in [2.45, 2.75) is 72.0 Å². The Kier molecular flexibility index (Phi) is 9.38. The summed E-state index contributed by atoms with van der Waals surface area (Å²) in [6.45, 7) is 8.40. The summed E-state index contributed by atoms with van der Waals surface area (Å²) in [7, 11) is 0. The van der Waals surface area contributed by atoms with Crippen LogP contribution in [-0.2, 0) is 22.6 Å². The molecule has 0 fully saturated rings. The normalized spacial score (nSPS) is 12.8. The number of hydrogen-bond acceptors (Lipinski definition) is 2. The maximum atomic E-state index is 13.3. The third kappa shape index (κ3) is 6.88. The second-order valence-electron chi connectivity index (χ2n) is 7.84. The second-order valence-corrected chi connectivity index (χ2v) is 8.25. The second kappa shape index (κ2) is 11.8. The number of carbonyl (C=O) groups excluding carboxylic acids is 2. The molecular weight excluding hydrogens is 396 g/mol. The van der Waals surface area contributed by atoms with Crippen molar-refractivity contribution in [2.24, 2.45) is 0 Å². The quantitative estimate of drug-likeness (QED) is 0.558. The van der Waals surface area contributed by atoms with Gasteiger partial charge in [-0.15, -0.1) is 0 Å². The first kappa shape index (κ1) is 23.9. The van der Waals surface area contributed by atoms with Gasteiger partial charge in [0.05, 0.1) is 0 Å². The van der Waals surface area contributed by atoms with Crippen molar-refractivity contribution in [3.8, 4) is 0 Å². The Bertz CT molecular complexity index is 835. The molecule has 0 spiro atoms. The Morgan fingerprint density at radius 3 is 2.30 bits per heavy atom. The average molecular weight is 429 g/mol. The zero-order chi connectivity index (χ0) is 22.1. The van der Waals surface area contributed by atoms with Crippen molar-refractivity contribution in [3.05, 3.63) is 70.2 Å². The molecule has 5 heteroatoms. The molecule has 4 nitrogen and oxygen atoms in total. The van der Waals surface area contributed by atoms with E-state index in [1.54, 1.807) is 4.90 Å². The van der Waals surface area contributed by atoms with Crippen LogP contribution in [0.15, 0.2) is 48.5 Å². The van der Waals surface area contributed by atoms with Crippen LogP contribution in [0, 0.1) is 6.92 Å². The maximum Gasteiger partial charge on any atom is 0.243 e. The van der Waals surface area contributed by atoms with Gasteiger partial charge in [-0.2, -0.15) is 0 Å². The molecule has 0 radical (unpaired) electrons. The van der Waals surface area contributed by atoms with E-state index in [0.717, 1.165) is 23.1 Å². The minimum absolute atomic E-state index is 0.0401. The molecule has 2 aromatic carbocycles. The van der Waals surface area contributed by atoms with Gasteiger partial charge in [0, 0.05) is 24.0 Å². The fourth-order valence-corrected chi connectivity index (χ4v) is 3.57. The Balaban J connectivity index is 2.21. The Morgan fingerprint density at radius 1 is 1.03 bits per heavy atom. The summed E-state index contributed by atoms with van der Waals surface area (Å²) in [5.74, 6) is -0.133. The molecule has 0 aliphatic rings.